The van der Waals surface area contributed by atoms with E-state index in [1.165, 1.54) is 38.1 Å². The molecule has 2 atom stereocenters. The van der Waals surface area contributed by atoms with Crippen LogP contribution in [0.5, 0.6) is 0 Å². The number of nitrogens with one attached hydrogen (secondary N) is 4. The Morgan fingerprint density at radius 2 is 1.70 bits per heavy atom. The molecule has 158 valence electrons. The molecule has 0 fully saturated rings. The van der Waals surface area contributed by atoms with Gasteiger partial charge in [-0.2, -0.15) is 4.72 Å². The van der Waals surface area contributed by atoms with Gasteiger partial charge in [-0.3, -0.25) is 9.59 Å². The van der Waals surface area contributed by atoms with Crippen molar-refractivity contribution in [2.24, 2.45) is 0 Å². The molecule has 0 bridgehead atoms. The molecular weight excluding hydrogens is 406 g/mol. The second-order valence-electron chi connectivity index (χ2n) is 6.92. The van der Waals surface area contributed by atoms with Gasteiger partial charge in [-0.1, -0.05) is 12.1 Å². The number of imidazole rings is 1. The minimum atomic E-state index is -3.92. The number of benzene rings is 2. The van der Waals surface area contributed by atoms with Crippen molar-refractivity contribution in [3.05, 3.63) is 54.4 Å². The van der Waals surface area contributed by atoms with Crippen LogP contribution in [0, 0.1) is 0 Å². The molecule has 0 aliphatic rings. The third kappa shape index (κ3) is 5.02. The van der Waals surface area contributed by atoms with Gasteiger partial charge in [0.25, 0.3) is 0 Å². The summed E-state index contributed by atoms with van der Waals surface area (Å²) in [7, 11) is -3.92. The number of hydrogen-bond acceptors (Lipinski definition) is 5. The van der Waals surface area contributed by atoms with Gasteiger partial charge >= 0.3 is 0 Å². The lowest BCUT2D eigenvalue weighted by molar-refractivity contribution is -0.123. The number of aromatic amines is 1. The van der Waals surface area contributed by atoms with Crippen molar-refractivity contribution in [3.63, 3.8) is 0 Å². The Kier molecular flexibility index (Phi) is 6.18. The topological polar surface area (TPSA) is 133 Å². The lowest BCUT2D eigenvalue weighted by Crippen LogP contribution is -2.45. The largest absolute Gasteiger partial charge is 0.345 e. The smallest absolute Gasteiger partial charge is 0.241 e. The van der Waals surface area contributed by atoms with Gasteiger partial charge in [-0.15, -0.1) is 0 Å². The second-order valence-corrected chi connectivity index (χ2v) is 8.63. The third-order valence-corrected chi connectivity index (χ3v) is 5.94. The summed E-state index contributed by atoms with van der Waals surface area (Å²) in [6.45, 7) is 4.58. The molecule has 0 aliphatic heterocycles. The number of rotatable bonds is 7. The van der Waals surface area contributed by atoms with E-state index in [-0.39, 0.29) is 10.8 Å². The van der Waals surface area contributed by atoms with E-state index in [1.54, 1.807) is 6.92 Å². The maximum absolute atomic E-state index is 12.6. The first-order valence-corrected chi connectivity index (χ1v) is 10.8. The Balaban J connectivity index is 1.64. The van der Waals surface area contributed by atoms with Crippen LogP contribution in [0.4, 0.5) is 5.69 Å². The Bertz CT molecular complexity index is 1140. The number of H-pyrrole nitrogens is 1. The summed E-state index contributed by atoms with van der Waals surface area (Å²) in [5, 5.41) is 5.32. The number of sulfonamides is 1. The second kappa shape index (κ2) is 8.64. The number of anilines is 1. The van der Waals surface area contributed by atoms with E-state index in [4.69, 9.17) is 0 Å². The first kappa shape index (κ1) is 21.5. The molecule has 0 radical (unpaired) electrons. The summed E-state index contributed by atoms with van der Waals surface area (Å²) >= 11 is 0. The van der Waals surface area contributed by atoms with Crippen LogP contribution in [-0.4, -0.2) is 36.2 Å². The molecular formula is C20H23N5O4S. The van der Waals surface area contributed by atoms with E-state index in [1.807, 2.05) is 24.3 Å². The van der Waals surface area contributed by atoms with E-state index in [9.17, 15) is 18.0 Å². The summed E-state index contributed by atoms with van der Waals surface area (Å²) in [5.74, 6) is -0.165. The molecule has 1 aromatic heterocycles. The Hall–Kier alpha value is -3.24. The van der Waals surface area contributed by atoms with Crippen molar-refractivity contribution < 1.29 is 18.0 Å². The van der Waals surface area contributed by atoms with Crippen molar-refractivity contribution >= 4 is 38.6 Å². The van der Waals surface area contributed by atoms with Gasteiger partial charge in [0.1, 0.15) is 5.82 Å². The minimum absolute atomic E-state index is 0.0124. The summed E-state index contributed by atoms with van der Waals surface area (Å²) in [4.78, 5) is 31.1. The lowest BCUT2D eigenvalue weighted by Gasteiger charge is -2.17. The van der Waals surface area contributed by atoms with Crippen LogP contribution in [0.2, 0.25) is 0 Å². The number of aromatic nitrogens is 2. The molecule has 2 amide bonds. The summed E-state index contributed by atoms with van der Waals surface area (Å²) in [5.41, 5.74) is 2.11. The highest BCUT2D eigenvalue weighted by atomic mass is 32.2. The third-order valence-electron chi connectivity index (χ3n) is 4.39. The predicted octanol–water partition coefficient (Wildman–Crippen LogP) is 2.07. The summed E-state index contributed by atoms with van der Waals surface area (Å²) in [6.07, 6.45) is 0. The Morgan fingerprint density at radius 1 is 1.03 bits per heavy atom. The Morgan fingerprint density at radius 3 is 2.33 bits per heavy atom. The first-order chi connectivity index (χ1) is 14.2. The van der Waals surface area contributed by atoms with Crippen LogP contribution in [0.25, 0.3) is 11.0 Å². The molecule has 3 aromatic rings. The van der Waals surface area contributed by atoms with Gasteiger partial charge in [-0.25, -0.2) is 13.4 Å². The molecule has 3 rings (SSSR count). The monoisotopic (exact) mass is 429 g/mol. The van der Waals surface area contributed by atoms with Gasteiger partial charge in [-0.05, 0) is 50.2 Å². The molecule has 9 nitrogen and oxygen atoms in total. The molecule has 4 N–H and O–H groups in total. The molecule has 30 heavy (non-hydrogen) atoms. The minimum Gasteiger partial charge on any atom is -0.345 e. The average Bonchev–Trinajstić information content (AvgIpc) is 3.12. The maximum atomic E-state index is 12.6. The highest BCUT2D eigenvalue weighted by molar-refractivity contribution is 7.89. The van der Waals surface area contributed by atoms with Gasteiger partial charge in [0.2, 0.25) is 21.8 Å². The molecule has 2 aromatic carbocycles. The number of hydrogen-bond donors (Lipinski definition) is 4. The van der Waals surface area contributed by atoms with Gasteiger partial charge < -0.3 is 15.6 Å². The van der Waals surface area contributed by atoms with Crippen LogP contribution in [0.3, 0.4) is 0 Å². The molecule has 0 spiro atoms. The molecule has 1 heterocycles. The summed E-state index contributed by atoms with van der Waals surface area (Å²) < 4.78 is 27.5. The molecule has 0 saturated carbocycles. The number of fused-ring (bicyclic) bond motifs is 1. The number of carbonyl (C=O) groups excluding carboxylic acids is 2. The van der Waals surface area contributed by atoms with Crippen LogP contribution in [-0.2, 0) is 19.6 Å². The molecule has 1 unspecified atom stereocenters. The van der Waals surface area contributed by atoms with E-state index in [0.29, 0.717) is 11.5 Å². The zero-order valence-corrected chi connectivity index (χ0v) is 17.6. The van der Waals surface area contributed by atoms with E-state index >= 15 is 0 Å². The zero-order chi connectivity index (χ0) is 21.9. The highest BCUT2D eigenvalue weighted by Gasteiger charge is 2.24. The standard InChI is InChI=1S/C20H23N5O4S/c1-12(19-23-17-6-4-5-7-18(17)24-19)21-20(27)13(2)25-30(28,29)16-10-8-15(9-11-16)22-14(3)26/h4-13,25H,1-3H3,(H,21,27)(H,22,26)(H,23,24)/t12?,13-/m0/s1. The fourth-order valence-corrected chi connectivity index (χ4v) is 4.06. The van der Waals surface area contributed by atoms with Crippen molar-refractivity contribution in [1.29, 1.82) is 0 Å². The van der Waals surface area contributed by atoms with Crippen LogP contribution in [0.1, 0.15) is 32.6 Å². The molecule has 0 aliphatic carbocycles. The van der Waals surface area contributed by atoms with Crippen LogP contribution < -0.4 is 15.4 Å². The van der Waals surface area contributed by atoms with Crippen molar-refractivity contribution in [2.45, 2.75) is 37.8 Å². The van der Waals surface area contributed by atoms with Gasteiger partial charge in [0, 0.05) is 12.6 Å². The number of amides is 2. The fraction of sp³-hybridized carbons (Fsp3) is 0.250. The lowest BCUT2D eigenvalue weighted by atomic mass is 10.2. The molecule has 0 saturated heterocycles. The fourth-order valence-electron chi connectivity index (χ4n) is 2.86. The highest BCUT2D eigenvalue weighted by Crippen LogP contribution is 2.17. The predicted molar refractivity (Wildman–Crippen MR) is 113 cm³/mol. The first-order valence-electron chi connectivity index (χ1n) is 9.31. The van der Waals surface area contributed by atoms with Crippen LogP contribution >= 0.6 is 0 Å². The van der Waals surface area contributed by atoms with Gasteiger partial charge in [0.15, 0.2) is 0 Å². The maximum Gasteiger partial charge on any atom is 0.241 e. The van der Waals surface area contributed by atoms with Crippen LogP contribution in [0.15, 0.2) is 53.4 Å². The number of carbonyl (C=O) groups is 2. The average molecular weight is 430 g/mol. The van der Waals surface area contributed by atoms with E-state index in [2.05, 4.69) is 25.3 Å². The van der Waals surface area contributed by atoms with Crippen molar-refractivity contribution in [2.75, 3.05) is 5.32 Å². The van der Waals surface area contributed by atoms with E-state index in [0.717, 1.165) is 11.0 Å². The SMILES string of the molecule is CC(=O)Nc1ccc(S(=O)(=O)N[C@@H](C)C(=O)NC(C)c2nc3ccccc3[nH]2)cc1. The van der Waals surface area contributed by atoms with Crippen molar-refractivity contribution in [3.8, 4) is 0 Å². The molecule has 10 heteroatoms. The Labute approximate surface area is 174 Å². The summed E-state index contributed by atoms with van der Waals surface area (Å²) in [6, 6.07) is 11.7. The number of para-hydroxylation sites is 2. The quantitative estimate of drug-likeness (QED) is 0.456. The van der Waals surface area contributed by atoms with E-state index < -0.39 is 28.0 Å². The van der Waals surface area contributed by atoms with Crippen molar-refractivity contribution in [1.82, 2.24) is 20.0 Å². The zero-order valence-electron chi connectivity index (χ0n) is 16.8. The van der Waals surface area contributed by atoms with Gasteiger partial charge in [0.05, 0.1) is 28.0 Å². The normalized spacial score (nSPS) is 13.6. The number of nitrogens with zero attached hydrogens (tertiary/aromatic N) is 1.